The fraction of sp³-hybridized carbons (Fsp3) is 0.333. The smallest absolute Gasteiger partial charge is 0.261 e. The van der Waals surface area contributed by atoms with Gasteiger partial charge in [-0.05, 0) is 49.1 Å². The van der Waals surface area contributed by atoms with Crippen LogP contribution >= 0.6 is 11.6 Å². The number of nitrogens with zero attached hydrogens (tertiary/aromatic N) is 1. The van der Waals surface area contributed by atoms with Gasteiger partial charge in [-0.15, -0.1) is 0 Å². The number of H-pyrrole nitrogens is 1. The first-order valence-electron chi connectivity index (χ1n) is 8.07. The Hall–Kier alpha value is -2.27. The first kappa shape index (κ1) is 15.3. The van der Waals surface area contributed by atoms with Crippen LogP contribution in [0.4, 0.5) is 0 Å². The molecular weight excluding hydrogens is 328 g/mol. The minimum Gasteiger partial charge on any atom is -0.491 e. The van der Waals surface area contributed by atoms with Crippen LogP contribution in [0, 0.1) is 0 Å². The van der Waals surface area contributed by atoms with Gasteiger partial charge in [0.15, 0.2) is 0 Å². The summed E-state index contributed by atoms with van der Waals surface area (Å²) in [6.45, 7) is 1.20. The van der Waals surface area contributed by atoms with Gasteiger partial charge in [0.1, 0.15) is 17.9 Å². The molecule has 5 nitrogen and oxygen atoms in total. The first-order valence-corrected chi connectivity index (χ1v) is 8.45. The van der Waals surface area contributed by atoms with Crippen LogP contribution in [0.2, 0.25) is 5.02 Å². The second-order valence-corrected chi connectivity index (χ2v) is 6.63. The zero-order chi connectivity index (χ0) is 16.7. The predicted molar refractivity (Wildman–Crippen MR) is 90.8 cm³/mol. The van der Waals surface area contributed by atoms with Crippen LogP contribution in [-0.4, -0.2) is 28.9 Å². The Labute approximate surface area is 144 Å². The maximum Gasteiger partial charge on any atom is 0.261 e. The van der Waals surface area contributed by atoms with E-state index in [4.69, 9.17) is 16.3 Å². The van der Waals surface area contributed by atoms with Crippen molar-refractivity contribution in [2.24, 2.45) is 0 Å². The van der Waals surface area contributed by atoms with Crippen LogP contribution in [-0.2, 0) is 19.4 Å². The highest BCUT2D eigenvalue weighted by molar-refractivity contribution is 6.30. The molecule has 4 rings (SSSR count). The topological polar surface area (TPSA) is 62.4 Å². The molecule has 124 valence electrons. The summed E-state index contributed by atoms with van der Waals surface area (Å²) in [6, 6.07) is 7.14. The van der Waals surface area contributed by atoms with E-state index in [2.05, 4.69) is 4.98 Å². The van der Waals surface area contributed by atoms with Crippen molar-refractivity contribution in [3.63, 3.8) is 0 Å². The van der Waals surface area contributed by atoms with E-state index < -0.39 is 0 Å². The lowest BCUT2D eigenvalue weighted by Crippen LogP contribution is -2.36. The van der Waals surface area contributed by atoms with Crippen LogP contribution in [0.3, 0.4) is 0 Å². The molecule has 1 aromatic carbocycles. The van der Waals surface area contributed by atoms with E-state index in [0.717, 1.165) is 41.8 Å². The zero-order valence-corrected chi connectivity index (χ0v) is 13.9. The van der Waals surface area contributed by atoms with Gasteiger partial charge in [0.2, 0.25) is 0 Å². The van der Waals surface area contributed by atoms with Gasteiger partial charge in [0, 0.05) is 22.8 Å². The Morgan fingerprint density at radius 3 is 2.96 bits per heavy atom. The third-order valence-electron chi connectivity index (χ3n) is 4.61. The summed E-state index contributed by atoms with van der Waals surface area (Å²) >= 11 is 6.05. The molecule has 2 aliphatic rings. The van der Waals surface area contributed by atoms with E-state index in [9.17, 15) is 9.59 Å². The number of ether oxygens (including phenoxy) is 1. The van der Waals surface area contributed by atoms with Crippen molar-refractivity contribution in [1.82, 2.24) is 9.88 Å². The molecule has 0 atom stereocenters. The summed E-state index contributed by atoms with van der Waals surface area (Å²) < 4.78 is 5.69. The zero-order valence-electron chi connectivity index (χ0n) is 13.1. The number of fused-ring (bicyclic) bond motifs is 2. The molecule has 6 heteroatoms. The Balaban J connectivity index is 1.66. The minimum atomic E-state index is -0.308. The van der Waals surface area contributed by atoms with Crippen molar-refractivity contribution in [2.75, 3.05) is 13.2 Å². The molecule has 2 heterocycles. The molecule has 0 fully saturated rings. The minimum absolute atomic E-state index is 0.209. The molecule has 1 aliphatic heterocycles. The van der Waals surface area contributed by atoms with E-state index in [1.807, 2.05) is 6.07 Å². The summed E-state index contributed by atoms with van der Waals surface area (Å²) in [6.07, 6.45) is 2.81. The lowest BCUT2D eigenvalue weighted by Gasteiger charge is -2.20. The Morgan fingerprint density at radius 2 is 2.08 bits per heavy atom. The Bertz CT molecular complexity index is 875. The van der Waals surface area contributed by atoms with Gasteiger partial charge < -0.3 is 14.6 Å². The number of aromatic nitrogens is 1. The molecule has 0 bridgehead atoms. The monoisotopic (exact) mass is 344 g/mol. The van der Waals surface area contributed by atoms with Crippen LogP contribution in [0.1, 0.15) is 33.6 Å². The van der Waals surface area contributed by atoms with Crippen LogP contribution < -0.4 is 10.3 Å². The molecule has 0 saturated carbocycles. The van der Waals surface area contributed by atoms with Gasteiger partial charge in [-0.2, -0.15) is 0 Å². The number of aromatic amines is 1. The Morgan fingerprint density at radius 1 is 1.21 bits per heavy atom. The molecule has 1 N–H and O–H groups in total. The van der Waals surface area contributed by atoms with Crippen molar-refractivity contribution in [2.45, 2.75) is 25.8 Å². The van der Waals surface area contributed by atoms with Crippen molar-refractivity contribution in [1.29, 1.82) is 0 Å². The lowest BCUT2D eigenvalue weighted by atomic mass is 10.1. The first-order chi connectivity index (χ1) is 11.6. The maximum absolute atomic E-state index is 12.9. The number of rotatable bonds is 1. The number of pyridine rings is 1. The van der Waals surface area contributed by atoms with E-state index in [1.165, 1.54) is 0 Å². The van der Waals surface area contributed by atoms with E-state index in [1.54, 1.807) is 23.1 Å². The number of halogens is 1. The van der Waals surface area contributed by atoms with E-state index in [-0.39, 0.29) is 17.0 Å². The number of aryl methyl sites for hydroxylation is 2. The van der Waals surface area contributed by atoms with Gasteiger partial charge in [-0.3, -0.25) is 9.59 Å². The summed E-state index contributed by atoms with van der Waals surface area (Å²) in [5.74, 6) is 0.472. The summed E-state index contributed by atoms with van der Waals surface area (Å²) in [7, 11) is 0. The van der Waals surface area contributed by atoms with Gasteiger partial charge in [-0.1, -0.05) is 11.6 Å². The average Bonchev–Trinajstić information content (AvgIpc) is 2.90. The lowest BCUT2D eigenvalue weighted by molar-refractivity contribution is 0.0731. The molecule has 0 saturated heterocycles. The highest BCUT2D eigenvalue weighted by atomic mass is 35.5. The molecule has 0 radical (unpaired) electrons. The van der Waals surface area contributed by atoms with E-state index >= 15 is 0 Å². The van der Waals surface area contributed by atoms with Crippen molar-refractivity contribution >= 4 is 17.5 Å². The Kier molecular flexibility index (Phi) is 3.81. The number of carbonyl (C=O) groups is 1. The summed E-state index contributed by atoms with van der Waals surface area (Å²) in [4.78, 5) is 29.7. The van der Waals surface area contributed by atoms with Crippen LogP contribution in [0.5, 0.6) is 5.75 Å². The van der Waals surface area contributed by atoms with E-state index in [0.29, 0.717) is 24.7 Å². The van der Waals surface area contributed by atoms with Gasteiger partial charge >= 0.3 is 0 Å². The van der Waals surface area contributed by atoms with Crippen molar-refractivity contribution < 1.29 is 9.53 Å². The second kappa shape index (κ2) is 5.98. The van der Waals surface area contributed by atoms with Crippen molar-refractivity contribution in [3.8, 4) is 5.75 Å². The molecule has 0 unspecified atom stereocenters. The molecule has 0 spiro atoms. The molecule has 2 aromatic rings. The quantitative estimate of drug-likeness (QED) is 0.864. The fourth-order valence-electron chi connectivity index (χ4n) is 3.38. The van der Waals surface area contributed by atoms with Gasteiger partial charge in [0.05, 0.1) is 6.54 Å². The van der Waals surface area contributed by atoms with Gasteiger partial charge in [0.25, 0.3) is 11.5 Å². The summed E-state index contributed by atoms with van der Waals surface area (Å²) in [5, 5.41) is 0.599. The SMILES string of the molecule is O=C(c1cc2c([nH]c1=O)CCC2)N1CCOc2ccc(Cl)cc2C1. The molecular formula is C18H17ClN2O3. The van der Waals surface area contributed by atoms with Crippen molar-refractivity contribution in [3.05, 3.63) is 62.0 Å². The number of benzene rings is 1. The van der Waals surface area contributed by atoms with Crippen LogP contribution in [0.25, 0.3) is 0 Å². The number of amides is 1. The summed E-state index contributed by atoms with van der Waals surface area (Å²) in [5.41, 5.74) is 2.80. The standard InChI is InChI=1S/C18H17ClN2O3/c19-13-4-5-16-12(8-13)10-21(6-7-24-16)18(23)14-9-11-2-1-3-15(11)20-17(14)22/h4-5,8-9H,1-3,6-7,10H2,(H,20,22). The largest absolute Gasteiger partial charge is 0.491 e. The number of nitrogens with one attached hydrogen (secondary N) is 1. The third kappa shape index (κ3) is 2.69. The maximum atomic E-state index is 12.9. The number of hydrogen-bond acceptors (Lipinski definition) is 3. The molecule has 1 aromatic heterocycles. The van der Waals surface area contributed by atoms with Gasteiger partial charge in [-0.25, -0.2) is 0 Å². The second-order valence-electron chi connectivity index (χ2n) is 6.20. The van der Waals surface area contributed by atoms with Crippen LogP contribution in [0.15, 0.2) is 29.1 Å². The highest BCUT2D eigenvalue weighted by Crippen LogP contribution is 2.27. The molecule has 1 amide bonds. The normalized spacial score (nSPS) is 16.1. The fourth-order valence-corrected chi connectivity index (χ4v) is 3.57. The molecule has 24 heavy (non-hydrogen) atoms. The molecule has 1 aliphatic carbocycles. The number of carbonyl (C=O) groups excluding carboxylic acids is 1. The highest BCUT2D eigenvalue weighted by Gasteiger charge is 2.25. The average molecular weight is 345 g/mol. The predicted octanol–water partition coefficient (Wildman–Crippen LogP) is 2.55. The number of hydrogen-bond donors (Lipinski definition) is 1. The third-order valence-corrected chi connectivity index (χ3v) is 4.84.